The van der Waals surface area contributed by atoms with Crippen molar-refractivity contribution >= 4 is 27.6 Å². The largest absolute Gasteiger partial charge is 0.465 e. The van der Waals surface area contributed by atoms with E-state index in [4.69, 9.17) is 0 Å². The minimum Gasteiger partial charge on any atom is -0.465 e. The predicted octanol–water partition coefficient (Wildman–Crippen LogP) is 3.21. The summed E-state index contributed by atoms with van der Waals surface area (Å²) in [6.45, 7) is 2.84. The number of hydrogen-bond acceptors (Lipinski definition) is 5. The third-order valence-corrected chi connectivity index (χ3v) is 6.87. The number of anilines is 1. The summed E-state index contributed by atoms with van der Waals surface area (Å²) in [4.78, 5) is 24.3. The maximum atomic E-state index is 12.9. The number of rotatable bonds is 5. The summed E-state index contributed by atoms with van der Waals surface area (Å²) in [6.07, 6.45) is 2.75. The zero-order valence-electron chi connectivity index (χ0n) is 16.5. The number of carbonyl (C=O) groups is 2. The average molecular weight is 416 g/mol. The van der Waals surface area contributed by atoms with Crippen LogP contribution in [0, 0.1) is 6.92 Å². The molecule has 1 N–H and O–H groups in total. The normalized spacial score (nSPS) is 15.0. The van der Waals surface area contributed by atoms with E-state index in [0.717, 1.165) is 24.8 Å². The van der Waals surface area contributed by atoms with Crippen LogP contribution in [0.25, 0.3) is 0 Å². The second kappa shape index (κ2) is 8.75. The molecule has 29 heavy (non-hydrogen) atoms. The number of aryl methyl sites for hydroxylation is 1. The molecule has 0 spiro atoms. The molecule has 0 radical (unpaired) electrons. The third-order valence-electron chi connectivity index (χ3n) is 4.98. The van der Waals surface area contributed by atoms with Gasteiger partial charge in [0.2, 0.25) is 10.0 Å². The lowest BCUT2D eigenvalue weighted by Crippen LogP contribution is -2.35. The standard InChI is InChI=1S/C21H24N2O5S/c1-15-6-11-18(29(26,27)23-12-4-3-5-13-23)14-19(15)22-20(24)16-7-9-17(10-8-16)21(25)28-2/h6-11,14H,3-5,12-13H2,1-2H3,(H,22,24). The molecule has 0 saturated carbocycles. The number of esters is 1. The molecule has 8 heteroatoms. The van der Waals surface area contributed by atoms with Crippen LogP contribution < -0.4 is 5.32 Å². The van der Waals surface area contributed by atoms with Crippen molar-refractivity contribution < 1.29 is 22.7 Å². The van der Waals surface area contributed by atoms with Crippen molar-refractivity contribution in [3.8, 4) is 0 Å². The van der Waals surface area contributed by atoms with Crippen LogP contribution in [0.2, 0.25) is 0 Å². The summed E-state index contributed by atoms with van der Waals surface area (Å²) in [5, 5.41) is 2.77. The van der Waals surface area contributed by atoms with E-state index in [0.29, 0.717) is 29.9 Å². The first-order valence-corrected chi connectivity index (χ1v) is 10.9. The number of nitrogens with zero attached hydrogens (tertiary/aromatic N) is 1. The molecule has 0 unspecified atom stereocenters. The van der Waals surface area contributed by atoms with Gasteiger partial charge in [0.1, 0.15) is 0 Å². The van der Waals surface area contributed by atoms with Crippen LogP contribution in [0.4, 0.5) is 5.69 Å². The second-order valence-corrected chi connectivity index (χ2v) is 8.90. The van der Waals surface area contributed by atoms with Gasteiger partial charge in [-0.3, -0.25) is 4.79 Å². The molecule has 1 aliphatic heterocycles. The van der Waals surface area contributed by atoms with Gasteiger partial charge in [-0.15, -0.1) is 0 Å². The molecule has 3 rings (SSSR count). The lowest BCUT2D eigenvalue weighted by molar-refractivity contribution is 0.0600. The molecular weight excluding hydrogens is 392 g/mol. The van der Waals surface area contributed by atoms with Gasteiger partial charge >= 0.3 is 5.97 Å². The van der Waals surface area contributed by atoms with Gasteiger partial charge in [-0.25, -0.2) is 13.2 Å². The van der Waals surface area contributed by atoms with Crippen LogP contribution in [-0.4, -0.2) is 44.8 Å². The Balaban J connectivity index is 1.81. The highest BCUT2D eigenvalue weighted by Gasteiger charge is 2.26. The monoisotopic (exact) mass is 416 g/mol. The first-order valence-electron chi connectivity index (χ1n) is 9.43. The predicted molar refractivity (Wildman–Crippen MR) is 110 cm³/mol. The van der Waals surface area contributed by atoms with Crippen molar-refractivity contribution in [1.82, 2.24) is 4.31 Å². The highest BCUT2D eigenvalue weighted by atomic mass is 32.2. The molecule has 0 aliphatic carbocycles. The number of piperidine rings is 1. The highest BCUT2D eigenvalue weighted by molar-refractivity contribution is 7.89. The molecule has 0 bridgehead atoms. The Bertz CT molecular complexity index is 1010. The van der Waals surface area contributed by atoms with Crippen LogP contribution in [0.1, 0.15) is 45.5 Å². The van der Waals surface area contributed by atoms with Gasteiger partial charge in [-0.1, -0.05) is 12.5 Å². The molecule has 1 saturated heterocycles. The summed E-state index contributed by atoms with van der Waals surface area (Å²) < 4.78 is 32.0. The summed E-state index contributed by atoms with van der Waals surface area (Å²) in [5.41, 5.74) is 1.88. The van der Waals surface area contributed by atoms with Crippen LogP contribution in [0.5, 0.6) is 0 Å². The fourth-order valence-electron chi connectivity index (χ4n) is 3.22. The molecule has 2 aromatic rings. The Morgan fingerprint density at radius 1 is 0.966 bits per heavy atom. The number of benzene rings is 2. The Morgan fingerprint density at radius 3 is 2.21 bits per heavy atom. The lowest BCUT2D eigenvalue weighted by Gasteiger charge is -2.26. The van der Waals surface area contributed by atoms with Crippen LogP contribution in [0.15, 0.2) is 47.4 Å². The second-order valence-electron chi connectivity index (χ2n) is 6.96. The SMILES string of the molecule is COC(=O)c1ccc(C(=O)Nc2cc(S(=O)(=O)N3CCCCC3)ccc2C)cc1. The van der Waals surface area contributed by atoms with E-state index in [1.165, 1.54) is 41.7 Å². The van der Waals surface area contributed by atoms with E-state index >= 15 is 0 Å². The summed E-state index contributed by atoms with van der Waals surface area (Å²) >= 11 is 0. The number of sulfonamides is 1. The van der Waals surface area contributed by atoms with Gasteiger partial charge in [0.05, 0.1) is 17.6 Å². The lowest BCUT2D eigenvalue weighted by atomic mass is 10.1. The molecule has 1 amide bonds. The molecule has 1 heterocycles. The van der Waals surface area contributed by atoms with E-state index in [9.17, 15) is 18.0 Å². The van der Waals surface area contributed by atoms with E-state index in [1.807, 2.05) is 0 Å². The van der Waals surface area contributed by atoms with Gasteiger partial charge < -0.3 is 10.1 Å². The number of nitrogens with one attached hydrogen (secondary N) is 1. The molecule has 154 valence electrons. The Labute approximate surface area is 170 Å². The topological polar surface area (TPSA) is 92.8 Å². The Hall–Kier alpha value is -2.71. The molecule has 2 aromatic carbocycles. The van der Waals surface area contributed by atoms with Gasteiger partial charge in [-0.2, -0.15) is 4.31 Å². The molecule has 1 aliphatic rings. The molecular formula is C21H24N2O5S. The van der Waals surface area contributed by atoms with Gasteiger partial charge in [-0.05, 0) is 61.7 Å². The summed E-state index contributed by atoms with van der Waals surface area (Å²) in [6, 6.07) is 10.8. The Morgan fingerprint density at radius 2 is 1.59 bits per heavy atom. The van der Waals surface area contributed by atoms with Crippen molar-refractivity contribution in [2.45, 2.75) is 31.1 Å². The number of amides is 1. The zero-order chi connectivity index (χ0) is 21.0. The summed E-state index contributed by atoms with van der Waals surface area (Å²) in [7, 11) is -2.30. The zero-order valence-corrected chi connectivity index (χ0v) is 17.3. The number of carbonyl (C=O) groups excluding carboxylic acids is 2. The minimum atomic E-state index is -3.59. The Kier molecular flexibility index (Phi) is 6.34. The van der Waals surface area contributed by atoms with E-state index < -0.39 is 21.9 Å². The third kappa shape index (κ3) is 4.65. The van der Waals surface area contributed by atoms with Gasteiger partial charge in [0.15, 0.2) is 0 Å². The average Bonchev–Trinajstić information content (AvgIpc) is 2.75. The van der Waals surface area contributed by atoms with E-state index in [-0.39, 0.29) is 4.90 Å². The van der Waals surface area contributed by atoms with Crippen molar-refractivity contribution in [3.63, 3.8) is 0 Å². The van der Waals surface area contributed by atoms with Crippen LogP contribution in [-0.2, 0) is 14.8 Å². The van der Waals surface area contributed by atoms with E-state index in [1.54, 1.807) is 19.1 Å². The van der Waals surface area contributed by atoms with Crippen molar-refractivity contribution in [3.05, 3.63) is 59.2 Å². The quantitative estimate of drug-likeness (QED) is 0.756. The molecule has 0 atom stereocenters. The molecule has 0 aromatic heterocycles. The van der Waals surface area contributed by atoms with E-state index in [2.05, 4.69) is 10.1 Å². The highest BCUT2D eigenvalue weighted by Crippen LogP contribution is 2.25. The fourth-order valence-corrected chi connectivity index (χ4v) is 4.76. The van der Waals surface area contributed by atoms with Gasteiger partial charge in [0.25, 0.3) is 5.91 Å². The first kappa shape index (κ1) is 21.0. The van der Waals surface area contributed by atoms with Gasteiger partial charge in [0, 0.05) is 24.3 Å². The van der Waals surface area contributed by atoms with Crippen LogP contribution >= 0.6 is 0 Å². The maximum Gasteiger partial charge on any atom is 0.337 e. The van der Waals surface area contributed by atoms with Crippen LogP contribution in [0.3, 0.4) is 0 Å². The molecule has 7 nitrogen and oxygen atoms in total. The maximum absolute atomic E-state index is 12.9. The number of ether oxygens (including phenoxy) is 1. The summed E-state index contributed by atoms with van der Waals surface area (Å²) in [5.74, 6) is -0.875. The minimum absolute atomic E-state index is 0.168. The van der Waals surface area contributed by atoms with Crippen molar-refractivity contribution in [2.75, 3.05) is 25.5 Å². The fraction of sp³-hybridized carbons (Fsp3) is 0.333. The number of methoxy groups -OCH3 is 1. The smallest absolute Gasteiger partial charge is 0.337 e. The first-order chi connectivity index (χ1) is 13.8. The number of hydrogen-bond donors (Lipinski definition) is 1. The van der Waals surface area contributed by atoms with Crippen molar-refractivity contribution in [1.29, 1.82) is 0 Å². The van der Waals surface area contributed by atoms with Crippen molar-refractivity contribution in [2.24, 2.45) is 0 Å². The molecule has 1 fully saturated rings.